The third-order valence-corrected chi connectivity index (χ3v) is 3.75. The summed E-state index contributed by atoms with van der Waals surface area (Å²) in [5, 5.41) is 1.03. The van der Waals surface area contributed by atoms with E-state index in [1.54, 1.807) is 0 Å². The molecule has 0 N–H and O–H groups in total. The minimum Gasteiger partial charge on any atom is -0.326 e. The fourth-order valence-electron chi connectivity index (χ4n) is 1.98. The largest absolute Gasteiger partial charge is 0.326 e. The van der Waals surface area contributed by atoms with Crippen LogP contribution in [-0.4, -0.2) is 14.8 Å². The SMILES string of the molecule is CC(S)Cc1ncc(CCl)n1Cc1ccccc1Cl. The molecule has 0 aliphatic rings. The Morgan fingerprint density at radius 2 is 2.11 bits per heavy atom. The Balaban J connectivity index is 2.32. The normalized spacial score (nSPS) is 12.6. The van der Waals surface area contributed by atoms with Crippen molar-refractivity contribution in [1.29, 1.82) is 0 Å². The minimum absolute atomic E-state index is 0.260. The average molecular weight is 315 g/mol. The van der Waals surface area contributed by atoms with Crippen molar-refractivity contribution in [2.24, 2.45) is 0 Å². The zero-order valence-corrected chi connectivity index (χ0v) is 13.1. The molecule has 2 aromatic rings. The van der Waals surface area contributed by atoms with Gasteiger partial charge in [0.05, 0.1) is 18.1 Å². The van der Waals surface area contributed by atoms with Gasteiger partial charge in [-0.15, -0.1) is 11.6 Å². The van der Waals surface area contributed by atoms with Gasteiger partial charge in [-0.25, -0.2) is 4.98 Å². The van der Waals surface area contributed by atoms with Crippen LogP contribution in [0.5, 0.6) is 0 Å². The summed E-state index contributed by atoms with van der Waals surface area (Å²) in [5.74, 6) is 1.44. The van der Waals surface area contributed by atoms with Gasteiger partial charge in [0.15, 0.2) is 0 Å². The van der Waals surface area contributed by atoms with Gasteiger partial charge < -0.3 is 4.57 Å². The quantitative estimate of drug-likeness (QED) is 0.647. The summed E-state index contributed by atoms with van der Waals surface area (Å²) in [6.07, 6.45) is 2.64. The monoisotopic (exact) mass is 314 g/mol. The van der Waals surface area contributed by atoms with Crippen molar-refractivity contribution in [3.8, 4) is 0 Å². The van der Waals surface area contributed by atoms with E-state index in [1.165, 1.54) is 0 Å². The third kappa shape index (κ3) is 3.68. The lowest BCUT2D eigenvalue weighted by Gasteiger charge is -2.13. The maximum Gasteiger partial charge on any atom is 0.110 e. The Hall–Kier alpha value is -0.640. The van der Waals surface area contributed by atoms with E-state index < -0.39 is 0 Å². The van der Waals surface area contributed by atoms with Gasteiger partial charge in [0, 0.05) is 22.9 Å². The van der Waals surface area contributed by atoms with Crippen LogP contribution >= 0.6 is 35.8 Å². The molecule has 0 aliphatic carbocycles. The first-order valence-electron chi connectivity index (χ1n) is 6.12. The summed E-state index contributed by atoms with van der Waals surface area (Å²) in [7, 11) is 0. The molecule has 0 fully saturated rings. The maximum absolute atomic E-state index is 6.21. The molecule has 0 aliphatic heterocycles. The van der Waals surface area contributed by atoms with Crippen molar-refractivity contribution in [3.05, 3.63) is 52.6 Å². The molecule has 5 heteroatoms. The Kier molecular flexibility index (Phi) is 5.20. The van der Waals surface area contributed by atoms with Crippen molar-refractivity contribution < 1.29 is 0 Å². The van der Waals surface area contributed by atoms with E-state index in [2.05, 4.69) is 29.1 Å². The zero-order valence-electron chi connectivity index (χ0n) is 10.7. The molecule has 0 radical (unpaired) electrons. The Bertz CT molecular complexity index is 552. The molecule has 1 heterocycles. The Labute approximate surface area is 129 Å². The summed E-state index contributed by atoms with van der Waals surface area (Å²) in [4.78, 5) is 4.44. The molecule has 102 valence electrons. The molecule has 1 atom stereocenters. The topological polar surface area (TPSA) is 17.8 Å². The van der Waals surface area contributed by atoms with Gasteiger partial charge in [-0.3, -0.25) is 0 Å². The van der Waals surface area contributed by atoms with Gasteiger partial charge in [0.25, 0.3) is 0 Å². The fourth-order valence-corrected chi connectivity index (χ4v) is 2.55. The van der Waals surface area contributed by atoms with Gasteiger partial charge in [-0.05, 0) is 11.6 Å². The van der Waals surface area contributed by atoms with Crippen LogP contribution in [0.2, 0.25) is 5.02 Å². The predicted octanol–water partition coefficient (Wildman–Crippen LogP) is 4.18. The molecule has 0 spiro atoms. The number of halogens is 2. The van der Waals surface area contributed by atoms with Crippen molar-refractivity contribution in [1.82, 2.24) is 9.55 Å². The second-order valence-electron chi connectivity index (χ2n) is 4.53. The number of aromatic nitrogens is 2. The molecule has 2 nitrogen and oxygen atoms in total. The van der Waals surface area contributed by atoms with Crippen molar-refractivity contribution in [2.75, 3.05) is 0 Å². The van der Waals surface area contributed by atoms with Crippen LogP contribution in [0.4, 0.5) is 0 Å². The van der Waals surface area contributed by atoms with Crippen molar-refractivity contribution in [2.45, 2.75) is 31.0 Å². The number of nitrogens with zero attached hydrogens (tertiary/aromatic N) is 2. The molecule has 19 heavy (non-hydrogen) atoms. The standard InChI is InChI=1S/C14H16Cl2N2S/c1-10(19)6-14-17-8-12(7-15)18(14)9-11-4-2-3-5-13(11)16/h2-5,8,10,19H,6-7,9H2,1H3. The van der Waals surface area contributed by atoms with Gasteiger partial charge in [0.2, 0.25) is 0 Å². The number of benzene rings is 1. The number of alkyl halides is 1. The lowest BCUT2D eigenvalue weighted by atomic mass is 10.2. The maximum atomic E-state index is 6.21. The number of hydrogen-bond donors (Lipinski definition) is 1. The van der Waals surface area contributed by atoms with Crippen molar-refractivity contribution in [3.63, 3.8) is 0 Å². The van der Waals surface area contributed by atoms with Gasteiger partial charge >= 0.3 is 0 Å². The lowest BCUT2D eigenvalue weighted by Crippen LogP contribution is -2.11. The molecule has 0 bridgehead atoms. The highest BCUT2D eigenvalue weighted by Gasteiger charge is 2.12. The summed E-state index contributed by atoms with van der Waals surface area (Å²) in [6.45, 7) is 2.75. The molecule has 1 unspecified atom stereocenters. The minimum atomic E-state index is 0.260. The Morgan fingerprint density at radius 1 is 1.37 bits per heavy atom. The number of rotatable bonds is 5. The van der Waals surface area contributed by atoms with Crippen molar-refractivity contribution >= 4 is 35.8 Å². The third-order valence-electron chi connectivity index (χ3n) is 2.92. The first-order valence-corrected chi connectivity index (χ1v) is 7.55. The molecule has 0 saturated heterocycles. The van der Waals surface area contributed by atoms with Crippen LogP contribution in [0.15, 0.2) is 30.5 Å². The first kappa shape index (κ1) is 14.8. The second kappa shape index (κ2) is 6.69. The molecular formula is C14H16Cl2N2S. The predicted molar refractivity (Wildman–Crippen MR) is 84.5 cm³/mol. The van der Waals surface area contributed by atoms with E-state index in [4.69, 9.17) is 23.2 Å². The molecule has 1 aromatic heterocycles. The van der Waals surface area contributed by atoms with E-state index in [-0.39, 0.29) is 5.25 Å². The van der Waals surface area contributed by atoms with E-state index in [0.29, 0.717) is 12.4 Å². The van der Waals surface area contributed by atoms with Crippen LogP contribution in [0.25, 0.3) is 0 Å². The molecule has 1 aromatic carbocycles. The van der Waals surface area contributed by atoms with Crippen LogP contribution in [0.3, 0.4) is 0 Å². The lowest BCUT2D eigenvalue weighted by molar-refractivity contribution is 0.692. The zero-order chi connectivity index (χ0) is 13.8. The molecular weight excluding hydrogens is 299 g/mol. The van der Waals surface area contributed by atoms with Crippen LogP contribution < -0.4 is 0 Å². The second-order valence-corrected chi connectivity index (χ2v) is 6.09. The number of hydrogen-bond acceptors (Lipinski definition) is 2. The molecule has 0 saturated carbocycles. The van der Waals surface area contributed by atoms with Crippen LogP contribution in [-0.2, 0) is 18.8 Å². The summed E-state index contributed by atoms with van der Waals surface area (Å²) in [6, 6.07) is 7.83. The summed E-state index contributed by atoms with van der Waals surface area (Å²) >= 11 is 16.6. The van der Waals surface area contributed by atoms with Gasteiger partial charge in [0.1, 0.15) is 5.82 Å². The van der Waals surface area contributed by atoms with Gasteiger partial charge in [-0.2, -0.15) is 12.6 Å². The van der Waals surface area contributed by atoms with Gasteiger partial charge in [-0.1, -0.05) is 36.7 Å². The van der Waals surface area contributed by atoms with E-state index >= 15 is 0 Å². The van der Waals surface area contributed by atoms with E-state index in [0.717, 1.165) is 28.5 Å². The van der Waals surface area contributed by atoms with Crippen LogP contribution in [0.1, 0.15) is 24.0 Å². The smallest absolute Gasteiger partial charge is 0.110 e. The number of thiol groups is 1. The average Bonchev–Trinajstić information content (AvgIpc) is 2.74. The summed E-state index contributed by atoms with van der Waals surface area (Å²) in [5.41, 5.74) is 2.08. The summed E-state index contributed by atoms with van der Waals surface area (Å²) < 4.78 is 2.13. The molecule has 2 rings (SSSR count). The highest BCUT2D eigenvalue weighted by atomic mass is 35.5. The number of imidazole rings is 1. The Morgan fingerprint density at radius 3 is 2.74 bits per heavy atom. The highest BCUT2D eigenvalue weighted by molar-refractivity contribution is 7.80. The van der Waals surface area contributed by atoms with E-state index in [1.807, 2.05) is 30.5 Å². The fraction of sp³-hybridized carbons (Fsp3) is 0.357. The first-order chi connectivity index (χ1) is 9.11. The van der Waals surface area contributed by atoms with Crippen LogP contribution in [0, 0.1) is 0 Å². The molecule has 0 amide bonds. The van der Waals surface area contributed by atoms with E-state index in [9.17, 15) is 0 Å². The highest BCUT2D eigenvalue weighted by Crippen LogP contribution is 2.20.